The molecule has 0 radical (unpaired) electrons. The van der Waals surface area contributed by atoms with Gasteiger partial charge < -0.3 is 14.7 Å². The molecule has 1 aliphatic heterocycles. The highest BCUT2D eigenvalue weighted by Crippen LogP contribution is 2.28. The van der Waals surface area contributed by atoms with E-state index in [4.69, 9.17) is 0 Å². The maximum Gasteiger partial charge on any atom is 0.241 e. The van der Waals surface area contributed by atoms with Crippen LogP contribution in [0.1, 0.15) is 19.3 Å². The van der Waals surface area contributed by atoms with E-state index >= 15 is 0 Å². The summed E-state index contributed by atoms with van der Waals surface area (Å²) in [4.78, 5) is 26.5. The molecule has 0 atom stereocenters. The molecule has 0 bridgehead atoms. The van der Waals surface area contributed by atoms with E-state index in [0.29, 0.717) is 12.6 Å². The standard InChI is InChI=1S/C14H21N5O/c1-17-6-7-19(9-14(17)20)13-8-12(15-10-16-13)18(2)11-4-3-5-11/h8,10-11H,3-7,9H2,1-2H3. The van der Waals surface area contributed by atoms with Crippen molar-refractivity contribution in [2.45, 2.75) is 25.3 Å². The van der Waals surface area contributed by atoms with Gasteiger partial charge in [-0.05, 0) is 19.3 Å². The van der Waals surface area contributed by atoms with Crippen LogP contribution < -0.4 is 9.80 Å². The molecular formula is C14H21N5O. The first-order valence-electron chi connectivity index (χ1n) is 7.19. The summed E-state index contributed by atoms with van der Waals surface area (Å²) in [6.07, 6.45) is 5.38. The van der Waals surface area contributed by atoms with Crippen molar-refractivity contribution < 1.29 is 4.79 Å². The van der Waals surface area contributed by atoms with Crippen LogP contribution >= 0.6 is 0 Å². The summed E-state index contributed by atoms with van der Waals surface area (Å²) in [6, 6.07) is 2.60. The van der Waals surface area contributed by atoms with Crippen LogP contribution in [0.5, 0.6) is 0 Å². The first-order chi connectivity index (χ1) is 9.65. The van der Waals surface area contributed by atoms with E-state index in [-0.39, 0.29) is 5.91 Å². The van der Waals surface area contributed by atoms with Crippen molar-refractivity contribution in [3.63, 3.8) is 0 Å². The molecule has 6 heteroatoms. The number of anilines is 2. The molecule has 108 valence electrons. The van der Waals surface area contributed by atoms with Gasteiger partial charge in [0.15, 0.2) is 0 Å². The number of hydrogen-bond acceptors (Lipinski definition) is 5. The van der Waals surface area contributed by atoms with Gasteiger partial charge in [0, 0.05) is 39.3 Å². The number of carbonyl (C=O) groups excluding carboxylic acids is 1. The first-order valence-corrected chi connectivity index (χ1v) is 7.19. The minimum atomic E-state index is 0.142. The predicted molar refractivity (Wildman–Crippen MR) is 77.9 cm³/mol. The maximum absolute atomic E-state index is 11.8. The Labute approximate surface area is 119 Å². The Bertz CT molecular complexity index is 502. The van der Waals surface area contributed by atoms with E-state index in [1.807, 2.05) is 18.0 Å². The van der Waals surface area contributed by atoms with E-state index in [2.05, 4.69) is 21.9 Å². The molecule has 1 aromatic rings. The number of piperazine rings is 1. The number of carbonyl (C=O) groups is 1. The zero-order chi connectivity index (χ0) is 14.1. The highest BCUT2D eigenvalue weighted by atomic mass is 16.2. The van der Waals surface area contributed by atoms with Gasteiger partial charge in [0.1, 0.15) is 18.0 Å². The topological polar surface area (TPSA) is 52.6 Å². The smallest absolute Gasteiger partial charge is 0.241 e. The number of rotatable bonds is 3. The number of amides is 1. The third-order valence-corrected chi connectivity index (χ3v) is 4.40. The Morgan fingerprint density at radius 1 is 1.30 bits per heavy atom. The fraction of sp³-hybridized carbons (Fsp3) is 0.643. The first kappa shape index (κ1) is 13.1. The Hall–Kier alpha value is -1.85. The van der Waals surface area contributed by atoms with Crippen molar-refractivity contribution in [2.24, 2.45) is 0 Å². The lowest BCUT2D eigenvalue weighted by Crippen LogP contribution is -2.49. The van der Waals surface area contributed by atoms with Crippen LogP contribution in [0.2, 0.25) is 0 Å². The van der Waals surface area contributed by atoms with Crippen LogP contribution in [0.4, 0.5) is 11.6 Å². The summed E-state index contributed by atoms with van der Waals surface area (Å²) in [6.45, 7) is 1.97. The number of nitrogens with zero attached hydrogens (tertiary/aromatic N) is 5. The molecule has 3 rings (SSSR count). The van der Waals surface area contributed by atoms with Gasteiger partial charge in [0.25, 0.3) is 0 Å². The third-order valence-electron chi connectivity index (χ3n) is 4.40. The average molecular weight is 275 g/mol. The molecule has 2 heterocycles. The molecule has 1 aliphatic carbocycles. The normalized spacial score (nSPS) is 20.0. The summed E-state index contributed by atoms with van der Waals surface area (Å²) in [5.41, 5.74) is 0. The minimum absolute atomic E-state index is 0.142. The van der Waals surface area contributed by atoms with E-state index in [0.717, 1.165) is 24.7 Å². The molecule has 20 heavy (non-hydrogen) atoms. The Morgan fingerprint density at radius 2 is 2.10 bits per heavy atom. The van der Waals surface area contributed by atoms with Crippen molar-refractivity contribution >= 4 is 17.5 Å². The second-order valence-corrected chi connectivity index (χ2v) is 5.67. The van der Waals surface area contributed by atoms with Crippen LogP contribution in [0.3, 0.4) is 0 Å². The zero-order valence-corrected chi connectivity index (χ0v) is 12.1. The molecule has 1 saturated carbocycles. The summed E-state index contributed by atoms with van der Waals surface area (Å²) >= 11 is 0. The molecule has 1 amide bonds. The Kier molecular flexibility index (Phi) is 3.46. The molecule has 0 N–H and O–H groups in total. The summed E-state index contributed by atoms with van der Waals surface area (Å²) < 4.78 is 0. The number of hydrogen-bond donors (Lipinski definition) is 0. The highest BCUT2D eigenvalue weighted by molar-refractivity contribution is 5.82. The van der Waals surface area contributed by atoms with E-state index in [1.165, 1.54) is 19.3 Å². The third kappa shape index (κ3) is 2.42. The molecule has 0 aromatic carbocycles. The van der Waals surface area contributed by atoms with Crippen molar-refractivity contribution in [1.29, 1.82) is 0 Å². The molecule has 0 spiro atoms. The minimum Gasteiger partial charge on any atom is -0.357 e. The van der Waals surface area contributed by atoms with Gasteiger partial charge in [-0.3, -0.25) is 4.79 Å². The quantitative estimate of drug-likeness (QED) is 0.814. The monoisotopic (exact) mass is 275 g/mol. The van der Waals surface area contributed by atoms with Crippen LogP contribution in [0, 0.1) is 0 Å². The number of aromatic nitrogens is 2. The van der Waals surface area contributed by atoms with Crippen LogP contribution in [0.25, 0.3) is 0 Å². The second-order valence-electron chi connectivity index (χ2n) is 5.67. The Morgan fingerprint density at radius 3 is 2.75 bits per heavy atom. The van der Waals surface area contributed by atoms with Crippen LogP contribution in [-0.4, -0.2) is 60.5 Å². The molecule has 0 unspecified atom stereocenters. The summed E-state index contributed by atoms with van der Waals surface area (Å²) in [5.74, 6) is 1.94. The Balaban J connectivity index is 1.75. The predicted octanol–water partition coefficient (Wildman–Crippen LogP) is 0.744. The van der Waals surface area contributed by atoms with Crippen molar-refractivity contribution in [2.75, 3.05) is 43.5 Å². The van der Waals surface area contributed by atoms with Crippen LogP contribution in [0.15, 0.2) is 12.4 Å². The fourth-order valence-corrected chi connectivity index (χ4v) is 2.62. The van der Waals surface area contributed by atoms with Gasteiger partial charge in [-0.1, -0.05) is 0 Å². The SMILES string of the molecule is CN1CCN(c2cc(N(C)C3CCC3)ncn2)CC1=O. The van der Waals surface area contributed by atoms with Gasteiger partial charge in [-0.15, -0.1) is 0 Å². The number of likely N-dealkylation sites (N-methyl/N-ethyl adjacent to an activating group) is 1. The second kappa shape index (κ2) is 5.26. The fourth-order valence-electron chi connectivity index (χ4n) is 2.62. The molecule has 1 saturated heterocycles. The molecular weight excluding hydrogens is 254 g/mol. The maximum atomic E-state index is 11.8. The van der Waals surface area contributed by atoms with Gasteiger partial charge in [0.05, 0.1) is 6.54 Å². The van der Waals surface area contributed by atoms with Crippen molar-refractivity contribution in [1.82, 2.24) is 14.9 Å². The molecule has 2 aliphatic rings. The van der Waals surface area contributed by atoms with Gasteiger partial charge in [-0.2, -0.15) is 0 Å². The lowest BCUT2D eigenvalue weighted by atomic mass is 9.92. The summed E-state index contributed by atoms with van der Waals surface area (Å²) in [7, 11) is 3.93. The van der Waals surface area contributed by atoms with Gasteiger partial charge in [0.2, 0.25) is 5.91 Å². The van der Waals surface area contributed by atoms with Crippen LogP contribution in [-0.2, 0) is 4.79 Å². The average Bonchev–Trinajstić information content (AvgIpc) is 2.40. The van der Waals surface area contributed by atoms with Crippen molar-refractivity contribution in [3.8, 4) is 0 Å². The molecule has 6 nitrogen and oxygen atoms in total. The molecule has 2 fully saturated rings. The van der Waals surface area contributed by atoms with Gasteiger partial charge >= 0.3 is 0 Å². The highest BCUT2D eigenvalue weighted by Gasteiger charge is 2.25. The van der Waals surface area contributed by atoms with E-state index < -0.39 is 0 Å². The molecule has 1 aromatic heterocycles. The lowest BCUT2D eigenvalue weighted by molar-refractivity contribution is -0.129. The largest absolute Gasteiger partial charge is 0.357 e. The lowest BCUT2D eigenvalue weighted by Gasteiger charge is -2.36. The zero-order valence-electron chi connectivity index (χ0n) is 12.1. The van der Waals surface area contributed by atoms with E-state index in [9.17, 15) is 4.79 Å². The summed E-state index contributed by atoms with van der Waals surface area (Å²) in [5, 5.41) is 0. The van der Waals surface area contributed by atoms with Gasteiger partial charge in [-0.25, -0.2) is 9.97 Å². The van der Waals surface area contributed by atoms with Crippen molar-refractivity contribution in [3.05, 3.63) is 12.4 Å². The van der Waals surface area contributed by atoms with E-state index in [1.54, 1.807) is 11.2 Å².